The molecule has 0 bridgehead atoms. The molecule has 3 aromatic heterocycles. The first kappa shape index (κ1) is 36.1. The minimum Gasteiger partial charge on any atom is -0.458 e. The average molecular weight is 1010 g/mol. The van der Waals surface area contributed by atoms with Gasteiger partial charge in [0.2, 0.25) is 0 Å². The van der Waals surface area contributed by atoms with Crippen molar-refractivity contribution in [1.29, 1.82) is 0 Å². The molecular formula is C70H50BN5O2. The molecule has 2 aliphatic rings. The summed E-state index contributed by atoms with van der Waals surface area (Å²) in [6.45, 7) is 6.39. The zero-order valence-corrected chi connectivity index (χ0v) is 42.5. The second-order valence-corrected chi connectivity index (χ2v) is 20.6. The van der Waals surface area contributed by atoms with Crippen LogP contribution >= 0.6 is 0 Å². The first-order chi connectivity index (χ1) is 42.5. The number of aromatic nitrogens is 4. The van der Waals surface area contributed by atoms with Gasteiger partial charge >= 0.3 is 0 Å². The van der Waals surface area contributed by atoms with E-state index in [0.29, 0.717) is 33.9 Å². The minimum atomic E-state index is -0.587. The Bertz CT molecular complexity index is 5010. The predicted octanol–water partition coefficient (Wildman–Crippen LogP) is 15.0. The topological polar surface area (TPSA) is 48.3 Å². The number of benzene rings is 10. The molecule has 0 N–H and O–H groups in total. The summed E-state index contributed by atoms with van der Waals surface area (Å²) in [5.41, 5.74) is 10.2. The lowest BCUT2D eigenvalue weighted by molar-refractivity contribution is -0.571. The van der Waals surface area contributed by atoms with E-state index < -0.39 is 60.4 Å². The molecule has 8 heteroatoms. The zero-order chi connectivity index (χ0) is 60.8. The van der Waals surface area contributed by atoms with Crippen LogP contribution in [0.5, 0.6) is 23.0 Å². The lowest BCUT2D eigenvalue weighted by Crippen LogP contribution is -2.59. The normalized spacial score (nSPS) is 14.4. The van der Waals surface area contributed by atoms with E-state index in [9.17, 15) is 5.48 Å². The summed E-state index contributed by atoms with van der Waals surface area (Å²) in [7, 11) is 0. The van der Waals surface area contributed by atoms with E-state index in [0.717, 1.165) is 72.4 Å². The van der Waals surface area contributed by atoms with Gasteiger partial charge in [-0.3, -0.25) is 13.7 Å². The lowest BCUT2D eigenvalue weighted by Gasteiger charge is -2.40. The van der Waals surface area contributed by atoms with Crippen molar-refractivity contribution >= 4 is 73.0 Å². The second kappa shape index (κ2) is 17.9. The maximum Gasteiger partial charge on any atom is 0.269 e. The highest BCUT2D eigenvalue weighted by Crippen LogP contribution is 2.43. The molecule has 13 aromatic rings. The van der Waals surface area contributed by atoms with Gasteiger partial charge in [0.1, 0.15) is 28.8 Å². The Morgan fingerprint density at radius 1 is 0.564 bits per heavy atom. The van der Waals surface area contributed by atoms with Crippen molar-refractivity contribution in [3.63, 3.8) is 0 Å². The zero-order valence-electron chi connectivity index (χ0n) is 52.5. The molecule has 0 unspecified atom stereocenters. The largest absolute Gasteiger partial charge is 0.458 e. The number of hydrogen-bond donors (Lipinski definition) is 0. The van der Waals surface area contributed by atoms with Gasteiger partial charge < -0.3 is 14.4 Å². The van der Waals surface area contributed by atoms with Crippen LogP contribution in [0.15, 0.2) is 249 Å². The van der Waals surface area contributed by atoms with E-state index in [1.165, 1.54) is 0 Å². The Labute approximate surface area is 467 Å². The molecule has 78 heavy (non-hydrogen) atoms. The molecule has 7 nitrogen and oxygen atoms in total. The van der Waals surface area contributed by atoms with Crippen molar-refractivity contribution in [3.05, 3.63) is 261 Å². The summed E-state index contributed by atoms with van der Waals surface area (Å²) in [5, 5.41) is 2.10. The third kappa shape index (κ3) is 7.36. The molecule has 15 rings (SSSR count). The van der Waals surface area contributed by atoms with Gasteiger partial charge in [0.25, 0.3) is 13.0 Å². The molecule has 0 atom stereocenters. The number of ether oxygens (including phenoxy) is 2. The molecular weight excluding hydrogens is 954 g/mol. The smallest absolute Gasteiger partial charge is 0.269 e. The highest BCUT2D eigenvalue weighted by molar-refractivity contribution is 6.99. The van der Waals surface area contributed by atoms with Gasteiger partial charge in [-0.2, -0.15) is 0 Å². The third-order valence-electron chi connectivity index (χ3n) is 15.0. The predicted molar refractivity (Wildman–Crippen MR) is 318 cm³/mol. The van der Waals surface area contributed by atoms with Gasteiger partial charge in [0.05, 0.1) is 47.1 Å². The summed E-state index contributed by atoms with van der Waals surface area (Å²) in [4.78, 5) is 7.06. The van der Waals surface area contributed by atoms with Gasteiger partial charge in [-0.05, 0) is 135 Å². The second-order valence-electron chi connectivity index (χ2n) is 20.6. The van der Waals surface area contributed by atoms with Crippen molar-refractivity contribution in [3.8, 4) is 62.4 Å². The number of nitrogens with zero attached hydrogens (tertiary/aromatic N) is 5. The lowest BCUT2D eigenvalue weighted by atomic mass is 9.34. The summed E-state index contributed by atoms with van der Waals surface area (Å²) < 4.78 is 109. The first-order valence-corrected chi connectivity index (χ1v) is 25.8. The summed E-state index contributed by atoms with van der Waals surface area (Å²) >= 11 is 0. The van der Waals surface area contributed by atoms with E-state index in [1.54, 1.807) is 22.8 Å². The third-order valence-corrected chi connectivity index (χ3v) is 15.0. The van der Waals surface area contributed by atoms with Crippen LogP contribution in [0.25, 0.3) is 72.3 Å². The molecule has 0 aliphatic carbocycles. The maximum atomic E-state index is 9.38. The Hall–Kier alpha value is -9.92. The number of para-hydroxylation sites is 4. The van der Waals surface area contributed by atoms with E-state index in [4.69, 9.17) is 22.7 Å². The van der Waals surface area contributed by atoms with E-state index in [1.807, 2.05) is 120 Å². The highest BCUT2D eigenvalue weighted by atomic mass is 16.5. The van der Waals surface area contributed by atoms with E-state index >= 15 is 0 Å². The van der Waals surface area contributed by atoms with Gasteiger partial charge in [-0.15, -0.1) is 0 Å². The number of fused-ring (bicyclic) bond motifs is 8. The number of imidazole rings is 1. The molecule has 0 saturated heterocycles. The molecule has 0 radical (unpaired) electrons. The fourth-order valence-corrected chi connectivity index (χ4v) is 11.5. The molecule has 10 aromatic carbocycles. The maximum absolute atomic E-state index is 9.38. The molecule has 5 heterocycles. The van der Waals surface area contributed by atoms with Crippen LogP contribution in [0, 0.1) is 6.33 Å². The van der Waals surface area contributed by atoms with Crippen molar-refractivity contribution in [2.24, 2.45) is 0 Å². The van der Waals surface area contributed by atoms with Crippen LogP contribution in [0.2, 0.25) is 0 Å². The van der Waals surface area contributed by atoms with Crippen molar-refractivity contribution in [2.75, 3.05) is 4.90 Å². The van der Waals surface area contributed by atoms with Gasteiger partial charge in [0, 0.05) is 40.1 Å². The fraction of sp³-hybridized carbons (Fsp3) is 0.0571. The molecule has 370 valence electrons. The van der Waals surface area contributed by atoms with Crippen LogP contribution in [0.1, 0.15) is 40.0 Å². The fourth-order valence-electron chi connectivity index (χ4n) is 11.5. The Kier molecular flexibility index (Phi) is 8.27. The molecule has 0 saturated carbocycles. The quantitative estimate of drug-likeness (QED) is 0.0864. The van der Waals surface area contributed by atoms with Crippen LogP contribution in [-0.4, -0.2) is 20.8 Å². The standard InChI is InChI=1S/C70H50BN5O2/c1-70(2,3)48-39-40-72-67(41-48)76-59-30-13-10-25-55(59)56-37-36-52(44-63(56)76)77-51-24-16-23-49(42-51)73-45-74(69-53(46-19-6-4-7-20-46)26-17-27-54(69)47-21-8-5-9-22-47)64-43-50(35-38-61(64)73)75-60-31-14-11-28-57(60)71-58-29-12-15-33-65(58)78-66-34-18-32-62(75)68(66)71/h4-44H,1-3H3/i4D,5D,6D,7D,8D,9D,19D,20D,21D,22D. The highest BCUT2D eigenvalue weighted by Gasteiger charge is 2.41. The molecule has 0 spiro atoms. The molecule has 0 amide bonds. The Morgan fingerprint density at radius 3 is 2.05 bits per heavy atom. The number of pyridine rings is 1. The first-order valence-electron chi connectivity index (χ1n) is 30.8. The summed E-state index contributed by atoms with van der Waals surface area (Å²) in [6.07, 6.45) is 5.46. The van der Waals surface area contributed by atoms with Crippen molar-refractivity contribution in [1.82, 2.24) is 14.1 Å². The monoisotopic (exact) mass is 1010 g/mol. The molecule has 0 fully saturated rings. The molecule has 2 aliphatic heterocycles. The van der Waals surface area contributed by atoms with Crippen LogP contribution in [0.3, 0.4) is 0 Å². The van der Waals surface area contributed by atoms with Crippen LogP contribution in [-0.2, 0) is 5.41 Å². The van der Waals surface area contributed by atoms with Crippen LogP contribution in [0.4, 0.5) is 17.1 Å². The van der Waals surface area contributed by atoms with E-state index in [2.05, 4.69) is 91.2 Å². The average Bonchev–Trinajstić information content (AvgIpc) is 1.06. The van der Waals surface area contributed by atoms with Crippen LogP contribution < -0.4 is 35.3 Å². The SMILES string of the molecule is [2H]c1c([2H])c([2H])c(-c2cccc(-c3c([2H])c([2H])c([2H])c([2H])c3[2H])c2-[n+]2[c-]n(-c3cccc(Oc4ccc5c6ccccc6n(-c6cc(C(C)(C)C)ccn6)c5c4)c3)c3ccc(N4c5ccccc5B5c6ccccc6Oc6cccc4c65)cc32)c([2H])c1[2H]. The van der Waals surface area contributed by atoms with Crippen molar-refractivity contribution in [2.45, 2.75) is 26.2 Å². The summed E-state index contributed by atoms with van der Waals surface area (Å²) in [5.74, 6) is 3.34. The number of rotatable bonds is 8. The number of anilines is 3. The number of hydrogen-bond acceptors (Lipinski definition) is 4. The Balaban J connectivity index is 0.966. The van der Waals surface area contributed by atoms with E-state index in [-0.39, 0.29) is 40.1 Å². The van der Waals surface area contributed by atoms with Gasteiger partial charge in [0.15, 0.2) is 0 Å². The Morgan fingerprint density at radius 2 is 1.24 bits per heavy atom. The minimum absolute atomic E-state index is 0.116. The van der Waals surface area contributed by atoms with Gasteiger partial charge in [-0.1, -0.05) is 172 Å². The summed E-state index contributed by atoms with van der Waals surface area (Å²) in [6, 6.07) is 53.7. The van der Waals surface area contributed by atoms with Gasteiger partial charge in [-0.25, -0.2) is 4.98 Å². The van der Waals surface area contributed by atoms with Crippen molar-refractivity contribution < 1.29 is 27.7 Å².